The SMILES string of the molecule is CCCCCCCCCCCCCC(=O)OCC(COP(=O)([O-])OCC(O)C(C)C)OC(=O)CCCCCCCCCCCCC. The van der Waals surface area contributed by atoms with Crippen LogP contribution in [0, 0.1) is 5.92 Å². The fourth-order valence-electron chi connectivity index (χ4n) is 5.06. The molecule has 1 N–H and O–H groups in total. The zero-order chi connectivity index (χ0) is 34.3. The van der Waals surface area contributed by atoms with Gasteiger partial charge in [0.2, 0.25) is 0 Å². The first-order valence-electron chi connectivity index (χ1n) is 18.7. The molecule has 0 aliphatic rings. The second-order valence-electron chi connectivity index (χ2n) is 13.2. The molecule has 0 saturated heterocycles. The van der Waals surface area contributed by atoms with Crippen LogP contribution in [0.4, 0.5) is 0 Å². The van der Waals surface area contributed by atoms with Crippen LogP contribution in [-0.4, -0.2) is 49.1 Å². The van der Waals surface area contributed by atoms with E-state index in [0.29, 0.717) is 6.42 Å². The smallest absolute Gasteiger partial charge is 0.306 e. The van der Waals surface area contributed by atoms with Crippen molar-refractivity contribution >= 4 is 19.8 Å². The molecule has 0 aromatic heterocycles. The van der Waals surface area contributed by atoms with Crippen LogP contribution in [0.25, 0.3) is 0 Å². The van der Waals surface area contributed by atoms with Gasteiger partial charge in [-0.15, -0.1) is 0 Å². The van der Waals surface area contributed by atoms with Gasteiger partial charge in [-0.3, -0.25) is 14.2 Å². The Morgan fingerprint density at radius 3 is 1.37 bits per heavy atom. The van der Waals surface area contributed by atoms with Crippen molar-refractivity contribution < 1.29 is 42.7 Å². The van der Waals surface area contributed by atoms with Gasteiger partial charge in [0.25, 0.3) is 7.82 Å². The van der Waals surface area contributed by atoms with Crippen molar-refractivity contribution in [3.63, 3.8) is 0 Å². The Kier molecular flexibility index (Phi) is 30.6. The van der Waals surface area contributed by atoms with Gasteiger partial charge in [-0.05, 0) is 18.8 Å². The van der Waals surface area contributed by atoms with Crippen molar-refractivity contribution in [3.05, 3.63) is 0 Å². The number of phosphoric acid groups is 1. The Bertz CT molecular complexity index is 762. The van der Waals surface area contributed by atoms with Gasteiger partial charge in [0.1, 0.15) is 6.61 Å². The predicted octanol–water partition coefficient (Wildman–Crippen LogP) is 9.36. The molecule has 274 valence electrons. The van der Waals surface area contributed by atoms with Gasteiger partial charge in [0.05, 0.1) is 19.3 Å². The fourth-order valence-corrected chi connectivity index (χ4v) is 5.82. The van der Waals surface area contributed by atoms with E-state index in [1.165, 1.54) is 96.3 Å². The van der Waals surface area contributed by atoms with Crippen LogP contribution in [0.15, 0.2) is 0 Å². The Morgan fingerprint density at radius 1 is 0.587 bits per heavy atom. The summed E-state index contributed by atoms with van der Waals surface area (Å²) in [6.45, 7) is 6.66. The minimum Gasteiger partial charge on any atom is -0.756 e. The molecular weight excluding hydrogens is 607 g/mol. The van der Waals surface area contributed by atoms with E-state index in [1.54, 1.807) is 13.8 Å². The van der Waals surface area contributed by atoms with Gasteiger partial charge in [-0.1, -0.05) is 156 Å². The molecule has 0 spiro atoms. The molecule has 0 saturated carbocycles. The molecule has 0 bridgehead atoms. The lowest BCUT2D eigenvalue weighted by Crippen LogP contribution is -2.31. The number of aliphatic hydroxyl groups excluding tert-OH is 1. The molecule has 0 radical (unpaired) electrons. The van der Waals surface area contributed by atoms with Crippen LogP contribution in [0.3, 0.4) is 0 Å². The number of hydrogen-bond donors (Lipinski definition) is 1. The monoisotopic (exact) mass is 677 g/mol. The second-order valence-corrected chi connectivity index (χ2v) is 14.6. The molecule has 0 fully saturated rings. The number of aliphatic hydroxyl groups is 1. The van der Waals surface area contributed by atoms with Gasteiger partial charge in [0.15, 0.2) is 6.10 Å². The minimum absolute atomic E-state index is 0.191. The summed E-state index contributed by atoms with van der Waals surface area (Å²) in [5.74, 6) is -1.09. The van der Waals surface area contributed by atoms with Crippen LogP contribution >= 0.6 is 7.82 Å². The fraction of sp³-hybridized carbons (Fsp3) is 0.944. The molecule has 3 unspecified atom stereocenters. The summed E-state index contributed by atoms with van der Waals surface area (Å²) in [6, 6.07) is 0. The van der Waals surface area contributed by atoms with Crippen molar-refractivity contribution in [2.45, 2.75) is 194 Å². The van der Waals surface area contributed by atoms with Crippen LogP contribution in [0.5, 0.6) is 0 Å². The highest BCUT2D eigenvalue weighted by atomic mass is 31.2. The van der Waals surface area contributed by atoms with E-state index in [2.05, 4.69) is 13.8 Å². The minimum atomic E-state index is -4.76. The van der Waals surface area contributed by atoms with E-state index < -0.39 is 45.2 Å². The molecule has 3 atom stereocenters. The highest BCUT2D eigenvalue weighted by molar-refractivity contribution is 7.45. The number of phosphoric ester groups is 1. The van der Waals surface area contributed by atoms with Crippen LogP contribution < -0.4 is 4.89 Å². The lowest BCUT2D eigenvalue weighted by molar-refractivity contribution is -0.230. The summed E-state index contributed by atoms with van der Waals surface area (Å²) in [7, 11) is -4.76. The second kappa shape index (κ2) is 31.3. The zero-order valence-electron chi connectivity index (χ0n) is 30.0. The first kappa shape index (κ1) is 45.0. The molecule has 10 heteroatoms. The van der Waals surface area contributed by atoms with E-state index in [0.717, 1.165) is 38.5 Å². The zero-order valence-corrected chi connectivity index (χ0v) is 30.9. The molecule has 46 heavy (non-hydrogen) atoms. The molecular formula is C36H70O9P-. The van der Waals surface area contributed by atoms with Crippen LogP contribution in [0.2, 0.25) is 0 Å². The summed E-state index contributed by atoms with van der Waals surface area (Å²) in [5.41, 5.74) is 0. The Labute approximate surface area is 281 Å². The highest BCUT2D eigenvalue weighted by Gasteiger charge is 2.22. The summed E-state index contributed by atoms with van der Waals surface area (Å²) in [6.07, 6.45) is 24.2. The Balaban J connectivity index is 4.45. The number of carbonyl (C=O) groups excluding carboxylic acids is 2. The lowest BCUT2D eigenvalue weighted by Gasteiger charge is -2.27. The molecule has 0 rings (SSSR count). The highest BCUT2D eigenvalue weighted by Crippen LogP contribution is 2.39. The first-order valence-corrected chi connectivity index (χ1v) is 20.2. The van der Waals surface area contributed by atoms with Gasteiger partial charge in [-0.25, -0.2) is 0 Å². The average Bonchev–Trinajstić information content (AvgIpc) is 3.02. The van der Waals surface area contributed by atoms with Gasteiger partial charge < -0.3 is 28.5 Å². The lowest BCUT2D eigenvalue weighted by atomic mass is 10.1. The summed E-state index contributed by atoms with van der Waals surface area (Å²) < 4.78 is 32.7. The largest absolute Gasteiger partial charge is 0.756 e. The number of ether oxygens (including phenoxy) is 2. The van der Waals surface area contributed by atoms with E-state index in [9.17, 15) is 24.2 Å². The van der Waals surface area contributed by atoms with Crippen molar-refractivity contribution in [2.24, 2.45) is 5.92 Å². The van der Waals surface area contributed by atoms with Crippen molar-refractivity contribution in [1.82, 2.24) is 0 Å². The summed E-state index contributed by atoms with van der Waals surface area (Å²) in [4.78, 5) is 37.1. The molecule has 0 aliphatic carbocycles. The number of hydrogen-bond acceptors (Lipinski definition) is 9. The van der Waals surface area contributed by atoms with Crippen LogP contribution in [-0.2, 0) is 32.7 Å². The normalized spacial score (nSPS) is 14.2. The van der Waals surface area contributed by atoms with E-state index >= 15 is 0 Å². The number of unbranched alkanes of at least 4 members (excludes halogenated alkanes) is 20. The molecule has 9 nitrogen and oxygen atoms in total. The Hall–Kier alpha value is -0.990. The molecule has 0 heterocycles. The predicted molar refractivity (Wildman–Crippen MR) is 183 cm³/mol. The van der Waals surface area contributed by atoms with E-state index in [1.807, 2.05) is 0 Å². The van der Waals surface area contributed by atoms with Crippen molar-refractivity contribution in [1.29, 1.82) is 0 Å². The van der Waals surface area contributed by atoms with E-state index in [-0.39, 0.29) is 25.4 Å². The van der Waals surface area contributed by atoms with Crippen molar-refractivity contribution in [3.8, 4) is 0 Å². The first-order chi connectivity index (χ1) is 22.1. The summed E-state index contributed by atoms with van der Waals surface area (Å²) >= 11 is 0. The number of carbonyl (C=O) groups is 2. The molecule has 0 aromatic carbocycles. The summed E-state index contributed by atoms with van der Waals surface area (Å²) in [5, 5.41) is 9.85. The quantitative estimate of drug-likeness (QED) is 0.0402. The van der Waals surface area contributed by atoms with Gasteiger partial charge >= 0.3 is 11.9 Å². The topological polar surface area (TPSA) is 131 Å². The third kappa shape index (κ3) is 30.4. The maximum absolute atomic E-state index is 12.5. The van der Waals surface area contributed by atoms with Crippen LogP contribution in [0.1, 0.15) is 182 Å². The molecule has 0 amide bonds. The molecule has 0 aliphatic heterocycles. The van der Waals surface area contributed by atoms with Gasteiger partial charge in [-0.2, -0.15) is 0 Å². The average molecular weight is 678 g/mol. The standard InChI is InChI=1S/C36H71O9P/c1-5-7-9-11-13-15-17-19-21-23-25-27-35(38)42-29-33(30-43-46(40,41)44-31-34(37)32(3)4)45-36(39)28-26-24-22-20-18-16-14-12-10-8-6-2/h32-34,37H,5-31H2,1-4H3,(H,40,41)/p-1. The third-order valence-electron chi connectivity index (χ3n) is 8.29. The van der Waals surface area contributed by atoms with Crippen molar-refractivity contribution in [2.75, 3.05) is 19.8 Å². The van der Waals surface area contributed by atoms with Gasteiger partial charge in [0, 0.05) is 12.8 Å². The maximum Gasteiger partial charge on any atom is 0.306 e. The third-order valence-corrected chi connectivity index (χ3v) is 9.22. The number of rotatable bonds is 34. The Morgan fingerprint density at radius 2 is 0.957 bits per heavy atom. The molecule has 0 aromatic rings. The van der Waals surface area contributed by atoms with E-state index in [4.69, 9.17) is 18.5 Å². The maximum atomic E-state index is 12.5. The number of esters is 2.